The standard InChI is InChI=1S/C16H25NO/c1-16(2,3)10-15(18)11-17-14-8-12-6-4-5-7-13(12)9-14/h4-7,14-15,17-18H,8-11H2,1-3H3. The van der Waals surface area contributed by atoms with Crippen molar-refractivity contribution in [2.45, 2.75) is 52.2 Å². The highest BCUT2D eigenvalue weighted by atomic mass is 16.3. The number of aliphatic hydroxyl groups excluding tert-OH is 1. The third kappa shape index (κ3) is 3.82. The smallest absolute Gasteiger partial charge is 0.0669 e. The van der Waals surface area contributed by atoms with Crippen molar-refractivity contribution in [2.24, 2.45) is 5.41 Å². The minimum atomic E-state index is -0.242. The molecule has 1 unspecified atom stereocenters. The Kier molecular flexibility index (Phi) is 4.08. The summed E-state index contributed by atoms with van der Waals surface area (Å²) in [6, 6.07) is 9.13. The molecule has 0 radical (unpaired) electrons. The Labute approximate surface area is 110 Å². The van der Waals surface area contributed by atoms with Gasteiger partial charge in [-0.3, -0.25) is 0 Å². The van der Waals surface area contributed by atoms with E-state index in [1.807, 2.05) is 0 Å². The molecule has 1 aliphatic rings. The van der Waals surface area contributed by atoms with Gasteiger partial charge in [-0.15, -0.1) is 0 Å². The monoisotopic (exact) mass is 247 g/mol. The second kappa shape index (κ2) is 5.41. The minimum Gasteiger partial charge on any atom is -0.392 e. The number of aliphatic hydroxyl groups is 1. The van der Waals surface area contributed by atoms with E-state index in [9.17, 15) is 5.11 Å². The molecule has 0 saturated carbocycles. The summed E-state index contributed by atoms with van der Waals surface area (Å²) in [5.41, 5.74) is 3.11. The van der Waals surface area contributed by atoms with E-state index in [-0.39, 0.29) is 11.5 Å². The van der Waals surface area contributed by atoms with E-state index in [1.54, 1.807) is 0 Å². The average Bonchev–Trinajstić information content (AvgIpc) is 2.66. The number of rotatable bonds is 4. The molecular weight excluding hydrogens is 222 g/mol. The second-order valence-electron chi connectivity index (χ2n) is 6.70. The van der Waals surface area contributed by atoms with Crippen molar-refractivity contribution in [2.75, 3.05) is 6.54 Å². The van der Waals surface area contributed by atoms with Crippen molar-refractivity contribution in [1.29, 1.82) is 0 Å². The van der Waals surface area contributed by atoms with Crippen molar-refractivity contribution in [3.05, 3.63) is 35.4 Å². The van der Waals surface area contributed by atoms with Gasteiger partial charge in [0.2, 0.25) is 0 Å². The van der Waals surface area contributed by atoms with Gasteiger partial charge in [-0.25, -0.2) is 0 Å². The van der Waals surface area contributed by atoms with Crippen LogP contribution >= 0.6 is 0 Å². The SMILES string of the molecule is CC(C)(C)CC(O)CNC1Cc2ccccc2C1. The first kappa shape index (κ1) is 13.6. The van der Waals surface area contributed by atoms with Gasteiger partial charge in [-0.2, -0.15) is 0 Å². The zero-order valence-corrected chi connectivity index (χ0v) is 11.7. The largest absolute Gasteiger partial charge is 0.392 e. The van der Waals surface area contributed by atoms with Gasteiger partial charge in [0.25, 0.3) is 0 Å². The Hall–Kier alpha value is -0.860. The molecule has 0 bridgehead atoms. The van der Waals surface area contributed by atoms with Crippen LogP contribution in [0.4, 0.5) is 0 Å². The first-order valence-corrected chi connectivity index (χ1v) is 6.92. The molecule has 2 N–H and O–H groups in total. The van der Waals surface area contributed by atoms with E-state index in [0.29, 0.717) is 12.6 Å². The Balaban J connectivity index is 1.77. The van der Waals surface area contributed by atoms with Crippen LogP contribution in [0.1, 0.15) is 38.3 Å². The molecule has 0 amide bonds. The van der Waals surface area contributed by atoms with E-state index in [2.05, 4.69) is 50.4 Å². The highest BCUT2D eigenvalue weighted by molar-refractivity contribution is 5.33. The highest BCUT2D eigenvalue weighted by Crippen LogP contribution is 2.23. The van der Waals surface area contributed by atoms with E-state index < -0.39 is 0 Å². The van der Waals surface area contributed by atoms with Crippen LogP contribution in [0.2, 0.25) is 0 Å². The molecule has 1 aliphatic carbocycles. The number of hydrogen-bond donors (Lipinski definition) is 2. The summed E-state index contributed by atoms with van der Waals surface area (Å²) in [6.45, 7) is 7.21. The lowest BCUT2D eigenvalue weighted by atomic mass is 9.89. The van der Waals surface area contributed by atoms with Crippen molar-refractivity contribution in [1.82, 2.24) is 5.32 Å². The normalized spacial score (nSPS) is 17.8. The molecule has 2 nitrogen and oxygen atoms in total. The molecule has 1 aromatic carbocycles. The first-order valence-electron chi connectivity index (χ1n) is 6.92. The van der Waals surface area contributed by atoms with Crippen LogP contribution in [0.15, 0.2) is 24.3 Å². The Morgan fingerprint density at radius 3 is 2.28 bits per heavy atom. The van der Waals surface area contributed by atoms with Gasteiger partial charge in [0.1, 0.15) is 0 Å². The zero-order valence-electron chi connectivity index (χ0n) is 11.7. The summed E-state index contributed by atoms with van der Waals surface area (Å²) in [6.07, 6.45) is 2.80. The number of hydrogen-bond acceptors (Lipinski definition) is 2. The number of nitrogens with one attached hydrogen (secondary N) is 1. The highest BCUT2D eigenvalue weighted by Gasteiger charge is 2.22. The fraction of sp³-hybridized carbons (Fsp3) is 0.625. The van der Waals surface area contributed by atoms with Gasteiger partial charge in [-0.05, 0) is 35.8 Å². The van der Waals surface area contributed by atoms with Crippen LogP contribution in [0.3, 0.4) is 0 Å². The molecule has 18 heavy (non-hydrogen) atoms. The Morgan fingerprint density at radius 2 is 1.78 bits per heavy atom. The summed E-state index contributed by atoms with van der Waals surface area (Å²) in [4.78, 5) is 0. The Bertz CT molecular complexity index is 369. The molecule has 0 aromatic heterocycles. The van der Waals surface area contributed by atoms with E-state index >= 15 is 0 Å². The average molecular weight is 247 g/mol. The summed E-state index contributed by atoms with van der Waals surface area (Å²) >= 11 is 0. The molecule has 0 aliphatic heterocycles. The van der Waals surface area contributed by atoms with Gasteiger partial charge in [-0.1, -0.05) is 45.0 Å². The number of benzene rings is 1. The molecular formula is C16H25NO. The van der Waals surface area contributed by atoms with Crippen LogP contribution in [0, 0.1) is 5.41 Å². The van der Waals surface area contributed by atoms with Crippen LogP contribution in [-0.2, 0) is 12.8 Å². The third-order valence-corrected chi connectivity index (χ3v) is 3.54. The molecule has 100 valence electrons. The predicted molar refractivity (Wildman–Crippen MR) is 75.7 cm³/mol. The fourth-order valence-corrected chi connectivity index (χ4v) is 2.78. The van der Waals surface area contributed by atoms with E-state index in [0.717, 1.165) is 19.3 Å². The molecule has 0 fully saturated rings. The van der Waals surface area contributed by atoms with Crippen LogP contribution in [0.5, 0.6) is 0 Å². The molecule has 0 heterocycles. The Morgan fingerprint density at radius 1 is 1.22 bits per heavy atom. The van der Waals surface area contributed by atoms with Crippen LogP contribution in [-0.4, -0.2) is 23.8 Å². The molecule has 1 aromatic rings. The topological polar surface area (TPSA) is 32.3 Å². The fourth-order valence-electron chi connectivity index (χ4n) is 2.78. The van der Waals surface area contributed by atoms with Gasteiger partial charge in [0, 0.05) is 12.6 Å². The zero-order chi connectivity index (χ0) is 13.2. The summed E-state index contributed by atoms with van der Waals surface area (Å²) in [5.74, 6) is 0. The van der Waals surface area contributed by atoms with Gasteiger partial charge >= 0.3 is 0 Å². The van der Waals surface area contributed by atoms with Crippen molar-refractivity contribution in [3.8, 4) is 0 Å². The van der Waals surface area contributed by atoms with Gasteiger partial charge in [0.05, 0.1) is 6.10 Å². The maximum absolute atomic E-state index is 10.00. The quantitative estimate of drug-likeness (QED) is 0.857. The number of fused-ring (bicyclic) bond motifs is 1. The lowest BCUT2D eigenvalue weighted by molar-refractivity contribution is 0.117. The molecule has 0 spiro atoms. The first-order chi connectivity index (χ1) is 8.44. The van der Waals surface area contributed by atoms with E-state index in [1.165, 1.54) is 11.1 Å². The molecule has 0 saturated heterocycles. The predicted octanol–water partition coefficient (Wildman–Crippen LogP) is 2.54. The minimum absolute atomic E-state index is 0.194. The van der Waals surface area contributed by atoms with Gasteiger partial charge in [0.15, 0.2) is 0 Å². The maximum Gasteiger partial charge on any atom is 0.0669 e. The molecule has 2 heteroatoms. The second-order valence-corrected chi connectivity index (χ2v) is 6.70. The third-order valence-electron chi connectivity index (χ3n) is 3.54. The lowest BCUT2D eigenvalue weighted by Gasteiger charge is -2.23. The van der Waals surface area contributed by atoms with E-state index in [4.69, 9.17) is 0 Å². The van der Waals surface area contributed by atoms with Crippen LogP contribution in [0.25, 0.3) is 0 Å². The van der Waals surface area contributed by atoms with Crippen molar-refractivity contribution >= 4 is 0 Å². The van der Waals surface area contributed by atoms with Crippen LogP contribution < -0.4 is 5.32 Å². The van der Waals surface area contributed by atoms with Crippen molar-refractivity contribution in [3.63, 3.8) is 0 Å². The summed E-state index contributed by atoms with van der Waals surface area (Å²) < 4.78 is 0. The molecule has 1 atom stereocenters. The summed E-state index contributed by atoms with van der Waals surface area (Å²) in [5, 5.41) is 13.5. The molecule has 2 rings (SSSR count). The van der Waals surface area contributed by atoms with Gasteiger partial charge < -0.3 is 10.4 Å². The van der Waals surface area contributed by atoms with Crippen molar-refractivity contribution < 1.29 is 5.11 Å². The lowest BCUT2D eigenvalue weighted by Crippen LogP contribution is -2.37. The maximum atomic E-state index is 10.00. The summed E-state index contributed by atoms with van der Waals surface area (Å²) in [7, 11) is 0.